The Morgan fingerprint density at radius 3 is 1.38 bits per heavy atom. The normalized spacial score (nSPS) is 36.9. The predicted octanol–water partition coefficient (Wildman–Crippen LogP) is 14.5. The van der Waals surface area contributed by atoms with Crippen LogP contribution in [-0.4, -0.2) is 0 Å². The lowest BCUT2D eigenvalue weighted by Crippen LogP contribution is -2.43. The van der Waals surface area contributed by atoms with Crippen molar-refractivity contribution in [3.05, 3.63) is 35.5 Å². The van der Waals surface area contributed by atoms with E-state index in [1.54, 1.807) is 5.57 Å². The van der Waals surface area contributed by atoms with Crippen LogP contribution < -0.4 is 0 Å². The minimum atomic E-state index is 0.611. The van der Waals surface area contributed by atoms with Gasteiger partial charge in [-0.1, -0.05) is 114 Å². The Labute approximate surface area is 280 Å². The van der Waals surface area contributed by atoms with Crippen LogP contribution in [-0.2, 0) is 0 Å². The molecule has 9 rings (SSSR count). The molecule has 45 heavy (non-hydrogen) atoms. The summed E-state index contributed by atoms with van der Waals surface area (Å²) in [6.07, 6.45) is 50.9. The monoisotopic (exact) mass is 613 g/mol. The molecule has 0 amide bonds. The zero-order valence-corrected chi connectivity index (χ0v) is 30.3. The highest BCUT2D eigenvalue weighted by molar-refractivity contribution is 5.27. The summed E-state index contributed by atoms with van der Waals surface area (Å²) in [5.41, 5.74) is 9.32. The lowest BCUT2D eigenvalue weighted by atomic mass is 9.51. The lowest BCUT2D eigenvalue weighted by molar-refractivity contribution is 0.0386. The van der Waals surface area contributed by atoms with Crippen LogP contribution >= 0.6 is 0 Å². The van der Waals surface area contributed by atoms with Gasteiger partial charge in [0.25, 0.3) is 0 Å². The molecule has 0 aromatic rings. The summed E-state index contributed by atoms with van der Waals surface area (Å²) in [6, 6.07) is 0. The molecule has 9 aliphatic carbocycles. The van der Waals surface area contributed by atoms with Crippen molar-refractivity contribution in [2.24, 2.45) is 32.5 Å². The fourth-order valence-electron chi connectivity index (χ4n) is 14.5. The first-order chi connectivity index (χ1) is 21.8. The number of rotatable bonds is 0. The molecule has 0 radical (unpaired) electrons. The average molecular weight is 613 g/mol. The molecule has 7 fully saturated rings. The molecule has 0 heterocycles. The molecule has 2 atom stereocenters. The Kier molecular flexibility index (Phi) is 9.40. The number of fused-ring (bicyclic) bond motifs is 4. The molecule has 0 aliphatic heterocycles. The molecular weight excluding hydrogens is 540 g/mol. The molecule has 9 aliphatic rings. The average Bonchev–Trinajstić information content (AvgIpc) is 3.88. The van der Waals surface area contributed by atoms with E-state index in [0.717, 1.165) is 10.8 Å². The summed E-state index contributed by atoms with van der Waals surface area (Å²) in [5.74, 6) is 0. The molecule has 252 valence electrons. The van der Waals surface area contributed by atoms with Gasteiger partial charge in [-0.3, -0.25) is 0 Å². The fourth-order valence-corrected chi connectivity index (χ4v) is 14.5. The van der Waals surface area contributed by atoms with Crippen LogP contribution in [0.25, 0.3) is 0 Å². The van der Waals surface area contributed by atoms with Gasteiger partial charge in [0, 0.05) is 0 Å². The van der Waals surface area contributed by atoms with Crippen LogP contribution in [0.5, 0.6) is 0 Å². The van der Waals surface area contributed by atoms with Crippen LogP contribution in [0.15, 0.2) is 35.5 Å². The van der Waals surface area contributed by atoms with Gasteiger partial charge in [-0.05, 0) is 167 Å². The van der Waals surface area contributed by atoms with E-state index in [-0.39, 0.29) is 0 Å². The highest BCUT2D eigenvalue weighted by Crippen LogP contribution is 2.66. The first-order valence-electron chi connectivity index (χ1n) is 20.9. The van der Waals surface area contributed by atoms with Crippen LogP contribution in [0.4, 0.5) is 0 Å². The maximum Gasteiger partial charge on any atom is -0.00599 e. The van der Waals surface area contributed by atoms with Crippen molar-refractivity contribution in [2.75, 3.05) is 0 Å². The van der Waals surface area contributed by atoms with Gasteiger partial charge >= 0.3 is 0 Å². The third-order valence-electron chi connectivity index (χ3n) is 17.4. The number of hydrogen-bond donors (Lipinski definition) is 0. The van der Waals surface area contributed by atoms with Crippen LogP contribution in [0.3, 0.4) is 0 Å². The molecule has 0 N–H and O–H groups in total. The summed E-state index contributed by atoms with van der Waals surface area (Å²) in [5, 5.41) is 0. The Morgan fingerprint density at radius 2 is 0.800 bits per heavy atom. The largest absolute Gasteiger partial charge is 0.0987 e. The topological polar surface area (TPSA) is 0 Å². The predicted molar refractivity (Wildman–Crippen MR) is 194 cm³/mol. The van der Waals surface area contributed by atoms with E-state index in [2.05, 4.69) is 32.6 Å². The molecule has 0 heteroatoms. The minimum Gasteiger partial charge on any atom is -0.0987 e. The number of hydrogen-bond acceptors (Lipinski definition) is 0. The maximum absolute atomic E-state index is 4.58. The molecule has 0 saturated heterocycles. The Hall–Kier alpha value is -0.780. The van der Waals surface area contributed by atoms with Crippen molar-refractivity contribution >= 4 is 0 Å². The summed E-state index contributed by atoms with van der Waals surface area (Å²) in [7, 11) is 0. The van der Waals surface area contributed by atoms with E-state index in [4.69, 9.17) is 0 Å². The summed E-state index contributed by atoms with van der Waals surface area (Å²) < 4.78 is 0. The quantitative estimate of drug-likeness (QED) is 0.239. The van der Waals surface area contributed by atoms with Gasteiger partial charge in [0.15, 0.2) is 0 Å². The van der Waals surface area contributed by atoms with Gasteiger partial charge in [0.1, 0.15) is 0 Å². The van der Waals surface area contributed by atoms with Crippen molar-refractivity contribution in [1.29, 1.82) is 0 Å². The van der Waals surface area contributed by atoms with E-state index in [1.807, 2.05) is 11.1 Å². The van der Waals surface area contributed by atoms with Crippen LogP contribution in [0.1, 0.15) is 213 Å². The number of allylic oxidation sites excluding steroid dienone is 5. The van der Waals surface area contributed by atoms with Crippen molar-refractivity contribution in [1.82, 2.24) is 0 Å². The molecule has 2 unspecified atom stereocenters. The Bertz CT molecular complexity index is 1060. The maximum atomic E-state index is 4.58. The van der Waals surface area contributed by atoms with Crippen LogP contribution in [0.2, 0.25) is 0 Å². The van der Waals surface area contributed by atoms with Crippen molar-refractivity contribution < 1.29 is 0 Å². The van der Waals surface area contributed by atoms with Gasteiger partial charge < -0.3 is 0 Å². The molecule has 0 nitrogen and oxygen atoms in total. The molecule has 7 saturated carbocycles. The highest BCUT2D eigenvalue weighted by Gasteiger charge is 2.54. The Balaban J connectivity index is 0.000000108. The van der Waals surface area contributed by atoms with Crippen molar-refractivity contribution in [3.8, 4) is 0 Å². The Morgan fingerprint density at radius 1 is 0.400 bits per heavy atom. The van der Waals surface area contributed by atoms with Gasteiger partial charge in [-0.15, -0.1) is 0 Å². The SMILES string of the molecule is C=C1C2(CCCC2)CCCC12CCCC2.CC12CCCC=C1CCCC21CCCC1.CC12CCCCC1=CCCC21CCCC1. The van der Waals surface area contributed by atoms with Crippen molar-refractivity contribution in [2.45, 2.75) is 213 Å². The summed E-state index contributed by atoms with van der Waals surface area (Å²) >= 11 is 0. The first kappa shape index (κ1) is 32.8. The second-order valence-corrected chi connectivity index (χ2v) is 18.9. The second-order valence-electron chi connectivity index (χ2n) is 18.9. The van der Waals surface area contributed by atoms with Gasteiger partial charge in [-0.2, -0.15) is 0 Å². The summed E-state index contributed by atoms with van der Waals surface area (Å²) in [4.78, 5) is 0. The first-order valence-corrected chi connectivity index (χ1v) is 20.9. The van der Waals surface area contributed by atoms with E-state index >= 15 is 0 Å². The van der Waals surface area contributed by atoms with Gasteiger partial charge in [0.2, 0.25) is 0 Å². The van der Waals surface area contributed by atoms with Gasteiger partial charge in [0.05, 0.1) is 0 Å². The van der Waals surface area contributed by atoms with Gasteiger partial charge in [-0.25, -0.2) is 0 Å². The third kappa shape index (κ3) is 5.53. The van der Waals surface area contributed by atoms with Crippen molar-refractivity contribution in [3.63, 3.8) is 0 Å². The standard InChI is InChI=1S/3C15H24/c2*1-14-9-3-2-7-13(14)8-6-12-15(14)10-4-5-11-15;1-13-14(7-2-3-8-14)11-6-12-15(13)9-4-5-10-15/h8H,2-7,9-12H2,1H3;7H,2-6,8-12H2,1H3;1-12H2. The fraction of sp³-hybridized carbons (Fsp3) is 0.867. The molecule has 0 aromatic heterocycles. The van der Waals surface area contributed by atoms with Crippen LogP contribution in [0, 0.1) is 32.5 Å². The zero-order valence-electron chi connectivity index (χ0n) is 30.3. The van der Waals surface area contributed by atoms with E-state index in [0.29, 0.717) is 21.7 Å². The van der Waals surface area contributed by atoms with E-state index < -0.39 is 0 Å². The second kappa shape index (κ2) is 12.9. The molecule has 0 aromatic carbocycles. The molecule has 4 spiro atoms. The highest BCUT2D eigenvalue weighted by atomic mass is 14.6. The molecular formula is C45H72. The zero-order chi connectivity index (χ0) is 31.1. The smallest absolute Gasteiger partial charge is 0.00599 e. The van der Waals surface area contributed by atoms with E-state index in [1.165, 1.54) is 199 Å². The summed E-state index contributed by atoms with van der Waals surface area (Å²) in [6.45, 7) is 9.78. The lowest BCUT2D eigenvalue weighted by Gasteiger charge is -2.54. The molecule has 0 bridgehead atoms. The minimum absolute atomic E-state index is 0.611. The van der Waals surface area contributed by atoms with E-state index in [9.17, 15) is 0 Å². The third-order valence-corrected chi connectivity index (χ3v) is 17.4.